The van der Waals surface area contributed by atoms with Gasteiger partial charge in [0.25, 0.3) is 5.91 Å². The fourth-order valence-electron chi connectivity index (χ4n) is 4.26. The van der Waals surface area contributed by atoms with Crippen molar-refractivity contribution in [2.24, 2.45) is 0 Å². The number of aliphatic hydroxyl groups excluding tert-OH is 1. The van der Waals surface area contributed by atoms with E-state index in [9.17, 15) is 14.7 Å². The molecule has 2 aromatic heterocycles. The minimum Gasteiger partial charge on any atom is -0.503 e. The third-order valence-electron chi connectivity index (χ3n) is 5.93. The van der Waals surface area contributed by atoms with Crippen LogP contribution in [0.5, 0.6) is 5.75 Å². The predicted molar refractivity (Wildman–Crippen MR) is 137 cm³/mol. The van der Waals surface area contributed by atoms with E-state index in [-0.39, 0.29) is 5.57 Å². The summed E-state index contributed by atoms with van der Waals surface area (Å²) in [5.41, 5.74) is 2.76. The largest absolute Gasteiger partial charge is 0.503 e. The highest BCUT2D eigenvalue weighted by Gasteiger charge is 2.45. The van der Waals surface area contributed by atoms with Crippen molar-refractivity contribution in [3.8, 4) is 5.75 Å². The molecule has 1 atom stereocenters. The number of hydrogen-bond donors (Lipinski definition) is 1. The molecule has 0 bridgehead atoms. The molecule has 1 N–H and O–H groups in total. The summed E-state index contributed by atoms with van der Waals surface area (Å²) in [5.74, 6) is -0.993. The van der Waals surface area contributed by atoms with E-state index in [1.165, 1.54) is 16.2 Å². The first-order valence-electron chi connectivity index (χ1n) is 11.4. The monoisotopic (exact) mass is 497 g/mol. The van der Waals surface area contributed by atoms with Crippen molar-refractivity contribution in [3.63, 3.8) is 0 Å². The van der Waals surface area contributed by atoms with Gasteiger partial charge in [0.1, 0.15) is 12.4 Å². The van der Waals surface area contributed by atoms with E-state index in [4.69, 9.17) is 4.74 Å². The first-order valence-corrected chi connectivity index (χ1v) is 12.2. The number of carbonyl (C=O) groups excluding carboxylic acids is 2. The first-order chi connectivity index (χ1) is 17.4. The Kier molecular flexibility index (Phi) is 6.35. The molecule has 1 amide bonds. The van der Waals surface area contributed by atoms with Gasteiger partial charge in [-0.25, -0.2) is 4.98 Å². The average Bonchev–Trinajstić information content (AvgIpc) is 3.38. The summed E-state index contributed by atoms with van der Waals surface area (Å²) >= 11 is 1.24. The number of aromatic nitrogens is 2. The van der Waals surface area contributed by atoms with Gasteiger partial charge >= 0.3 is 0 Å². The molecule has 180 valence electrons. The Morgan fingerprint density at radius 3 is 2.44 bits per heavy atom. The Balaban J connectivity index is 1.48. The number of amides is 1. The number of benzene rings is 2. The molecule has 36 heavy (non-hydrogen) atoms. The quantitative estimate of drug-likeness (QED) is 0.338. The summed E-state index contributed by atoms with van der Waals surface area (Å²) in [4.78, 5) is 37.3. The van der Waals surface area contributed by atoms with Crippen LogP contribution in [-0.2, 0) is 11.4 Å². The number of ether oxygens (including phenoxy) is 1. The maximum Gasteiger partial charge on any atom is 0.294 e. The van der Waals surface area contributed by atoms with Gasteiger partial charge in [0.2, 0.25) is 5.78 Å². The zero-order valence-electron chi connectivity index (χ0n) is 19.7. The van der Waals surface area contributed by atoms with Crippen LogP contribution in [0.2, 0.25) is 0 Å². The highest BCUT2D eigenvalue weighted by Crippen LogP contribution is 2.42. The van der Waals surface area contributed by atoms with Crippen molar-refractivity contribution in [1.29, 1.82) is 0 Å². The molecule has 1 unspecified atom stereocenters. The number of rotatable bonds is 7. The van der Waals surface area contributed by atoms with Crippen molar-refractivity contribution >= 4 is 28.7 Å². The summed E-state index contributed by atoms with van der Waals surface area (Å²) in [6.45, 7) is 3.97. The van der Waals surface area contributed by atoms with Crippen LogP contribution in [0.1, 0.15) is 37.5 Å². The van der Waals surface area contributed by atoms with Crippen LogP contribution in [0, 0.1) is 13.8 Å². The molecule has 0 saturated heterocycles. The van der Waals surface area contributed by atoms with Gasteiger partial charge in [0.05, 0.1) is 27.2 Å². The zero-order chi connectivity index (χ0) is 25.2. The number of aliphatic hydroxyl groups is 1. The minimum absolute atomic E-state index is 0.0177. The van der Waals surface area contributed by atoms with E-state index in [0.29, 0.717) is 34.2 Å². The molecule has 7 nitrogen and oxygen atoms in total. The molecule has 0 saturated carbocycles. The second-order valence-corrected chi connectivity index (χ2v) is 9.57. The Labute approximate surface area is 212 Å². The molecule has 5 rings (SSSR count). The highest BCUT2D eigenvalue weighted by molar-refractivity contribution is 7.14. The summed E-state index contributed by atoms with van der Waals surface area (Å²) in [7, 11) is 0. The fourth-order valence-corrected chi connectivity index (χ4v) is 5.14. The van der Waals surface area contributed by atoms with Crippen LogP contribution >= 0.6 is 11.3 Å². The molecule has 1 aliphatic rings. The lowest BCUT2D eigenvalue weighted by Crippen LogP contribution is -2.31. The second kappa shape index (κ2) is 9.75. The number of carbonyl (C=O) groups is 2. The number of hydrogen-bond acceptors (Lipinski definition) is 7. The van der Waals surface area contributed by atoms with Crippen molar-refractivity contribution in [3.05, 3.63) is 117 Å². The van der Waals surface area contributed by atoms with E-state index in [1.54, 1.807) is 55.7 Å². The molecule has 8 heteroatoms. The van der Waals surface area contributed by atoms with Crippen molar-refractivity contribution < 1.29 is 19.4 Å². The number of ketones is 1. The predicted octanol–water partition coefficient (Wildman–Crippen LogP) is 5.52. The van der Waals surface area contributed by atoms with Crippen molar-refractivity contribution in [2.75, 3.05) is 4.90 Å². The van der Waals surface area contributed by atoms with Gasteiger partial charge in [-0.1, -0.05) is 36.4 Å². The Morgan fingerprint density at radius 1 is 1.06 bits per heavy atom. The van der Waals surface area contributed by atoms with Crippen LogP contribution < -0.4 is 9.64 Å². The summed E-state index contributed by atoms with van der Waals surface area (Å²) in [6, 6.07) is 19.5. The molecule has 3 heterocycles. The fraction of sp³-hybridized carbons (Fsp3) is 0.143. The topological polar surface area (TPSA) is 92.6 Å². The van der Waals surface area contributed by atoms with Gasteiger partial charge in [-0.3, -0.25) is 19.5 Å². The summed E-state index contributed by atoms with van der Waals surface area (Å²) < 4.78 is 5.87. The number of anilines is 1. The Morgan fingerprint density at radius 2 is 1.81 bits per heavy atom. The van der Waals surface area contributed by atoms with Crippen LogP contribution in [0.4, 0.5) is 5.69 Å². The van der Waals surface area contributed by atoms with E-state index < -0.39 is 23.5 Å². The van der Waals surface area contributed by atoms with Gasteiger partial charge in [0, 0.05) is 18.1 Å². The molecular weight excluding hydrogens is 474 g/mol. The molecule has 0 spiro atoms. The first kappa shape index (κ1) is 23.4. The van der Waals surface area contributed by atoms with Crippen LogP contribution in [0.25, 0.3) is 0 Å². The number of pyridine rings is 1. The molecule has 1 aliphatic heterocycles. The number of nitrogens with zero attached hydrogens (tertiary/aromatic N) is 3. The van der Waals surface area contributed by atoms with Gasteiger partial charge in [-0.2, -0.15) is 0 Å². The highest BCUT2D eigenvalue weighted by atomic mass is 32.1. The van der Waals surface area contributed by atoms with E-state index >= 15 is 0 Å². The summed E-state index contributed by atoms with van der Waals surface area (Å²) in [6.07, 6.45) is 3.21. The number of Topliss-reactive ketones (excluding diaryl/α,β-unsaturated/α-hetero) is 1. The Hall–Kier alpha value is -4.30. The maximum absolute atomic E-state index is 13.6. The van der Waals surface area contributed by atoms with E-state index in [2.05, 4.69) is 9.97 Å². The summed E-state index contributed by atoms with van der Waals surface area (Å²) in [5, 5.41) is 11.7. The maximum atomic E-state index is 13.6. The van der Waals surface area contributed by atoms with Gasteiger partial charge in [-0.05, 0) is 55.3 Å². The molecule has 2 aromatic carbocycles. The SMILES string of the molecule is Cc1nc(C)c(C(=O)C2=C(O)C(=O)N(c3ccc(OCc4ccccc4)cc3)C2c2cccnc2)s1. The van der Waals surface area contributed by atoms with Crippen LogP contribution in [0.15, 0.2) is 90.5 Å². The molecule has 4 aromatic rings. The van der Waals surface area contributed by atoms with Crippen molar-refractivity contribution in [2.45, 2.75) is 26.5 Å². The van der Waals surface area contributed by atoms with Gasteiger partial charge in [-0.15, -0.1) is 11.3 Å². The lowest BCUT2D eigenvalue weighted by molar-refractivity contribution is -0.117. The minimum atomic E-state index is -0.836. The lowest BCUT2D eigenvalue weighted by Gasteiger charge is -2.26. The molecule has 0 radical (unpaired) electrons. The van der Waals surface area contributed by atoms with Gasteiger partial charge in [0.15, 0.2) is 5.76 Å². The number of thiazole rings is 1. The number of aryl methyl sites for hydroxylation is 2. The van der Waals surface area contributed by atoms with Crippen molar-refractivity contribution in [1.82, 2.24) is 9.97 Å². The van der Waals surface area contributed by atoms with Crippen LogP contribution in [-0.4, -0.2) is 26.8 Å². The third-order valence-corrected chi connectivity index (χ3v) is 7.00. The normalized spacial score (nSPS) is 15.4. The van der Waals surface area contributed by atoms with Crippen LogP contribution in [0.3, 0.4) is 0 Å². The average molecular weight is 498 g/mol. The third kappa shape index (κ3) is 4.38. The molecule has 0 aliphatic carbocycles. The molecular formula is C28H23N3O4S. The van der Waals surface area contributed by atoms with E-state index in [1.807, 2.05) is 37.3 Å². The van der Waals surface area contributed by atoms with E-state index in [0.717, 1.165) is 10.6 Å². The zero-order valence-corrected chi connectivity index (χ0v) is 20.5. The second-order valence-electron chi connectivity index (χ2n) is 8.37. The van der Waals surface area contributed by atoms with Gasteiger partial charge < -0.3 is 9.84 Å². The lowest BCUT2D eigenvalue weighted by atomic mass is 9.96. The smallest absolute Gasteiger partial charge is 0.294 e. The molecule has 0 fully saturated rings. The standard InChI is InChI=1S/C28H23N3O4S/c1-17-27(36-18(2)30-17)25(32)23-24(20-9-6-14-29-15-20)31(28(34)26(23)33)21-10-12-22(13-11-21)35-16-19-7-4-3-5-8-19/h3-15,24,33H,16H2,1-2H3. The Bertz CT molecular complexity index is 1450.